The van der Waals surface area contributed by atoms with E-state index in [-0.39, 0.29) is 0 Å². The molecule has 1 aromatic carbocycles. The van der Waals surface area contributed by atoms with Crippen LogP contribution in [0.5, 0.6) is 5.88 Å². The molecule has 0 radical (unpaired) electrons. The monoisotopic (exact) mass is 352 g/mol. The number of H-pyrrole nitrogens is 1. The van der Waals surface area contributed by atoms with Crippen molar-refractivity contribution in [3.05, 3.63) is 36.2 Å². The molecule has 0 aliphatic carbocycles. The number of methoxy groups -OCH3 is 1. The predicted octanol–water partition coefficient (Wildman–Crippen LogP) is 3.00. The highest BCUT2D eigenvalue weighted by Crippen LogP contribution is 2.23. The molecule has 26 heavy (non-hydrogen) atoms. The van der Waals surface area contributed by atoms with Gasteiger partial charge in [-0.15, -0.1) is 0 Å². The number of nitrogens with one attached hydrogen (secondary N) is 2. The number of aromatic amines is 1. The van der Waals surface area contributed by atoms with E-state index in [0.717, 1.165) is 60.6 Å². The lowest BCUT2D eigenvalue weighted by Crippen LogP contribution is -2.43. The van der Waals surface area contributed by atoms with Gasteiger partial charge in [0, 0.05) is 42.0 Å². The summed E-state index contributed by atoms with van der Waals surface area (Å²) < 4.78 is 5.34. The first-order chi connectivity index (χ1) is 12.7. The van der Waals surface area contributed by atoms with Crippen molar-refractivity contribution in [2.75, 3.05) is 30.4 Å². The van der Waals surface area contributed by atoms with Gasteiger partial charge in [0.2, 0.25) is 11.8 Å². The molecule has 0 spiro atoms. The third-order valence-corrected chi connectivity index (χ3v) is 4.83. The van der Waals surface area contributed by atoms with Crippen LogP contribution in [-0.2, 0) is 6.42 Å². The van der Waals surface area contributed by atoms with Gasteiger partial charge in [-0.1, -0.05) is 6.92 Å². The molecule has 3 aromatic rings. The summed E-state index contributed by atoms with van der Waals surface area (Å²) in [6.45, 7) is 3.94. The molecule has 1 fully saturated rings. The Morgan fingerprint density at radius 2 is 2.23 bits per heavy atom. The smallest absolute Gasteiger partial charge is 0.228 e. The van der Waals surface area contributed by atoms with E-state index < -0.39 is 0 Å². The zero-order valence-corrected chi connectivity index (χ0v) is 15.2. The summed E-state index contributed by atoms with van der Waals surface area (Å²) in [4.78, 5) is 11.5. The van der Waals surface area contributed by atoms with Crippen molar-refractivity contribution >= 4 is 22.5 Å². The van der Waals surface area contributed by atoms with Crippen molar-refractivity contribution in [1.82, 2.24) is 20.2 Å². The maximum Gasteiger partial charge on any atom is 0.228 e. The fourth-order valence-corrected chi connectivity index (χ4v) is 3.43. The summed E-state index contributed by atoms with van der Waals surface area (Å²) in [6.07, 6.45) is 4.95. The lowest BCUT2D eigenvalue weighted by Gasteiger charge is -2.34. The highest BCUT2D eigenvalue weighted by atomic mass is 16.5. The van der Waals surface area contributed by atoms with Crippen LogP contribution in [0.15, 0.2) is 30.5 Å². The molecule has 0 amide bonds. The summed E-state index contributed by atoms with van der Waals surface area (Å²) in [5.74, 6) is 1.39. The summed E-state index contributed by atoms with van der Waals surface area (Å²) >= 11 is 0. The molecule has 3 heterocycles. The maximum absolute atomic E-state index is 5.34. The van der Waals surface area contributed by atoms with Crippen LogP contribution >= 0.6 is 0 Å². The second-order valence-corrected chi connectivity index (χ2v) is 6.66. The first-order valence-electron chi connectivity index (χ1n) is 9.11. The van der Waals surface area contributed by atoms with Crippen molar-refractivity contribution in [3.63, 3.8) is 0 Å². The summed E-state index contributed by atoms with van der Waals surface area (Å²) in [5, 5.41) is 11.8. The first-order valence-corrected chi connectivity index (χ1v) is 9.11. The Bertz CT molecular complexity index is 870. The minimum atomic E-state index is 0.355. The minimum Gasteiger partial charge on any atom is -0.481 e. The standard InChI is InChI=1S/C19H24N6O/c1-3-14-10-18(26-2)23-19(22-14)25-8-4-5-16(12-25)21-15-6-7-17-13(9-15)11-20-24-17/h6-7,9-11,16,21H,3-5,8,12H2,1-2H3,(H,20,24). The molecule has 0 saturated carbocycles. The third-order valence-electron chi connectivity index (χ3n) is 4.83. The van der Waals surface area contributed by atoms with Gasteiger partial charge in [0.25, 0.3) is 0 Å². The summed E-state index contributed by atoms with van der Waals surface area (Å²) in [6, 6.07) is 8.55. The van der Waals surface area contributed by atoms with Crippen LogP contribution < -0.4 is 15.0 Å². The molecule has 4 rings (SSSR count). The average molecular weight is 352 g/mol. The zero-order chi connectivity index (χ0) is 17.9. The van der Waals surface area contributed by atoms with E-state index in [2.05, 4.69) is 50.5 Å². The van der Waals surface area contributed by atoms with Crippen molar-refractivity contribution in [1.29, 1.82) is 0 Å². The summed E-state index contributed by atoms with van der Waals surface area (Å²) in [7, 11) is 1.65. The molecule has 1 atom stereocenters. The minimum absolute atomic E-state index is 0.355. The number of nitrogens with zero attached hydrogens (tertiary/aromatic N) is 4. The predicted molar refractivity (Wildman–Crippen MR) is 103 cm³/mol. The van der Waals surface area contributed by atoms with Gasteiger partial charge < -0.3 is 15.0 Å². The van der Waals surface area contributed by atoms with Gasteiger partial charge >= 0.3 is 0 Å². The van der Waals surface area contributed by atoms with E-state index in [9.17, 15) is 0 Å². The number of aromatic nitrogens is 4. The molecule has 1 aliphatic rings. The first kappa shape index (κ1) is 16.6. The summed E-state index contributed by atoms with van der Waals surface area (Å²) in [5.41, 5.74) is 3.18. The molecular weight excluding hydrogens is 328 g/mol. The Morgan fingerprint density at radius 3 is 3.08 bits per heavy atom. The highest BCUT2D eigenvalue weighted by molar-refractivity contribution is 5.81. The van der Waals surface area contributed by atoms with Crippen LogP contribution in [0.25, 0.3) is 10.9 Å². The topological polar surface area (TPSA) is 79.0 Å². The van der Waals surface area contributed by atoms with Crippen molar-refractivity contribution in [3.8, 4) is 5.88 Å². The molecule has 2 aromatic heterocycles. The molecule has 1 saturated heterocycles. The Hall–Kier alpha value is -2.83. The molecule has 2 N–H and O–H groups in total. The van der Waals surface area contributed by atoms with Crippen LogP contribution in [0.2, 0.25) is 0 Å². The van der Waals surface area contributed by atoms with Crippen molar-refractivity contribution in [2.24, 2.45) is 0 Å². The number of piperidine rings is 1. The van der Waals surface area contributed by atoms with E-state index in [0.29, 0.717) is 11.9 Å². The lowest BCUT2D eigenvalue weighted by atomic mass is 10.1. The molecule has 0 bridgehead atoms. The quantitative estimate of drug-likeness (QED) is 0.735. The second kappa shape index (κ2) is 7.19. The zero-order valence-electron chi connectivity index (χ0n) is 15.2. The second-order valence-electron chi connectivity index (χ2n) is 6.66. The highest BCUT2D eigenvalue weighted by Gasteiger charge is 2.22. The molecule has 7 heteroatoms. The number of rotatable bonds is 5. The molecule has 1 aliphatic heterocycles. The van der Waals surface area contributed by atoms with Gasteiger partial charge in [-0.05, 0) is 37.5 Å². The Balaban J connectivity index is 1.50. The Kier molecular flexibility index (Phi) is 4.60. The number of ether oxygens (including phenoxy) is 1. The van der Waals surface area contributed by atoms with Crippen LogP contribution in [0.3, 0.4) is 0 Å². The molecule has 1 unspecified atom stereocenters. The number of fused-ring (bicyclic) bond motifs is 1. The van der Waals surface area contributed by atoms with Crippen LogP contribution in [0, 0.1) is 0 Å². The van der Waals surface area contributed by atoms with Gasteiger partial charge in [0.15, 0.2) is 0 Å². The Morgan fingerprint density at radius 1 is 1.31 bits per heavy atom. The Labute approximate surface area is 152 Å². The maximum atomic E-state index is 5.34. The van der Waals surface area contributed by atoms with Gasteiger partial charge in [-0.3, -0.25) is 5.10 Å². The number of hydrogen-bond donors (Lipinski definition) is 2. The average Bonchev–Trinajstić information content (AvgIpc) is 3.15. The van der Waals surface area contributed by atoms with E-state index >= 15 is 0 Å². The van der Waals surface area contributed by atoms with Crippen molar-refractivity contribution in [2.45, 2.75) is 32.2 Å². The van der Waals surface area contributed by atoms with E-state index in [4.69, 9.17) is 9.72 Å². The van der Waals surface area contributed by atoms with Crippen molar-refractivity contribution < 1.29 is 4.74 Å². The van der Waals surface area contributed by atoms with Crippen LogP contribution in [0.4, 0.5) is 11.6 Å². The van der Waals surface area contributed by atoms with E-state index in [1.165, 1.54) is 0 Å². The normalized spacial score (nSPS) is 17.5. The lowest BCUT2D eigenvalue weighted by molar-refractivity contribution is 0.395. The molecule has 136 valence electrons. The fourth-order valence-electron chi connectivity index (χ4n) is 3.43. The number of anilines is 2. The van der Waals surface area contributed by atoms with E-state index in [1.54, 1.807) is 7.11 Å². The van der Waals surface area contributed by atoms with Gasteiger partial charge in [0.1, 0.15) is 0 Å². The number of aryl methyl sites for hydroxylation is 1. The fraction of sp³-hybridized carbons (Fsp3) is 0.421. The number of benzene rings is 1. The largest absolute Gasteiger partial charge is 0.481 e. The van der Waals surface area contributed by atoms with Crippen LogP contribution in [-0.4, -0.2) is 46.4 Å². The molecular formula is C19H24N6O. The molecule has 7 nitrogen and oxygen atoms in total. The van der Waals surface area contributed by atoms with Crippen LogP contribution in [0.1, 0.15) is 25.5 Å². The third kappa shape index (κ3) is 3.42. The van der Waals surface area contributed by atoms with E-state index in [1.807, 2.05) is 12.3 Å². The van der Waals surface area contributed by atoms with Gasteiger partial charge in [-0.2, -0.15) is 10.1 Å². The van der Waals surface area contributed by atoms with Gasteiger partial charge in [-0.25, -0.2) is 4.98 Å². The number of hydrogen-bond acceptors (Lipinski definition) is 6. The SMILES string of the molecule is CCc1cc(OC)nc(N2CCCC(Nc3ccc4[nH]ncc4c3)C2)n1. The van der Waals surface area contributed by atoms with Gasteiger partial charge in [0.05, 0.1) is 18.8 Å².